The zero-order valence-corrected chi connectivity index (χ0v) is 17.3. The van der Waals surface area contributed by atoms with Gasteiger partial charge in [0.15, 0.2) is 17.2 Å². The molecule has 3 heterocycles. The molecule has 2 aliphatic heterocycles. The smallest absolute Gasteiger partial charge is 0.277 e. The normalized spacial score (nSPS) is 20.5. The minimum absolute atomic E-state index is 0.0298. The molecule has 2 atom stereocenters. The Balaban J connectivity index is 1.69. The van der Waals surface area contributed by atoms with Crippen LogP contribution in [-0.4, -0.2) is 46.1 Å². The van der Waals surface area contributed by atoms with Crippen molar-refractivity contribution in [3.05, 3.63) is 63.1 Å². The van der Waals surface area contributed by atoms with Crippen LogP contribution in [0, 0.1) is 17.6 Å². The van der Waals surface area contributed by atoms with E-state index in [1.807, 2.05) is 5.01 Å². The summed E-state index contributed by atoms with van der Waals surface area (Å²) < 4.78 is 28.4. The lowest BCUT2D eigenvalue weighted by atomic mass is 9.97. The molecule has 9 heteroatoms. The average Bonchev–Trinajstić information content (AvgIpc) is 2.73. The molecule has 0 radical (unpaired) electrons. The van der Waals surface area contributed by atoms with Gasteiger partial charge in [-0.2, -0.15) is 0 Å². The number of aryl methyl sites for hydroxylation is 1. The monoisotopic (exact) mass is 431 g/mol. The molecule has 1 N–H and O–H groups in total. The van der Waals surface area contributed by atoms with Crippen molar-refractivity contribution in [2.75, 3.05) is 18.6 Å². The summed E-state index contributed by atoms with van der Waals surface area (Å²) in [6.45, 7) is 2.66. The van der Waals surface area contributed by atoms with Gasteiger partial charge in [0.25, 0.3) is 5.91 Å². The molecule has 2 aromatic rings. The number of hydrogen-bond acceptors (Lipinski definition) is 5. The molecule has 0 bridgehead atoms. The van der Waals surface area contributed by atoms with Crippen LogP contribution < -0.4 is 10.4 Å². The summed E-state index contributed by atoms with van der Waals surface area (Å²) in [5, 5.41) is 12.4. The Morgan fingerprint density at radius 2 is 1.97 bits per heavy atom. The van der Waals surface area contributed by atoms with Crippen LogP contribution in [0.25, 0.3) is 0 Å². The van der Waals surface area contributed by atoms with Crippen molar-refractivity contribution < 1.29 is 23.5 Å². The van der Waals surface area contributed by atoms with E-state index in [9.17, 15) is 28.3 Å². The number of aromatic nitrogens is 1. The van der Waals surface area contributed by atoms with Crippen LogP contribution in [0.2, 0.25) is 0 Å². The number of Topliss-reactive ketones (excluding diaryl/α,β-unsaturated/α-hetero) is 1. The highest BCUT2D eigenvalue weighted by atomic mass is 19.1. The summed E-state index contributed by atoms with van der Waals surface area (Å²) >= 11 is 0. The second-order valence-corrected chi connectivity index (χ2v) is 8.27. The Bertz CT molecular complexity index is 1130. The fourth-order valence-electron chi connectivity index (χ4n) is 4.34. The molecule has 164 valence electrons. The van der Waals surface area contributed by atoms with Crippen molar-refractivity contribution in [2.45, 2.75) is 38.8 Å². The second-order valence-electron chi connectivity index (χ2n) is 8.27. The van der Waals surface area contributed by atoms with Crippen molar-refractivity contribution in [1.82, 2.24) is 9.58 Å². The van der Waals surface area contributed by atoms with Gasteiger partial charge in [0, 0.05) is 32.3 Å². The molecule has 31 heavy (non-hydrogen) atoms. The van der Waals surface area contributed by atoms with Crippen molar-refractivity contribution in [2.24, 2.45) is 5.92 Å². The van der Waals surface area contributed by atoms with Gasteiger partial charge in [-0.1, -0.05) is 13.0 Å². The van der Waals surface area contributed by atoms with Crippen LogP contribution in [0.4, 0.5) is 8.78 Å². The van der Waals surface area contributed by atoms with Crippen LogP contribution in [0.1, 0.15) is 52.6 Å². The van der Waals surface area contributed by atoms with E-state index < -0.39 is 34.5 Å². The molecule has 1 aromatic heterocycles. The van der Waals surface area contributed by atoms with Gasteiger partial charge in [0.2, 0.25) is 5.43 Å². The summed E-state index contributed by atoms with van der Waals surface area (Å²) in [5.41, 5.74) is -1.21. The number of aromatic hydroxyl groups is 1. The lowest BCUT2D eigenvalue weighted by Crippen LogP contribution is -2.63. The number of halogens is 2. The first kappa shape index (κ1) is 21.0. The van der Waals surface area contributed by atoms with Gasteiger partial charge in [-0.15, -0.1) is 0 Å². The predicted molar refractivity (Wildman–Crippen MR) is 109 cm³/mol. The first-order valence-corrected chi connectivity index (χ1v) is 10.2. The van der Waals surface area contributed by atoms with Crippen molar-refractivity contribution in [3.63, 3.8) is 0 Å². The van der Waals surface area contributed by atoms with Crippen LogP contribution in [0.3, 0.4) is 0 Å². The number of benzene rings is 1. The maximum absolute atomic E-state index is 13.9. The Labute approximate surface area is 177 Å². The van der Waals surface area contributed by atoms with Crippen LogP contribution in [-0.2, 0) is 6.42 Å². The first-order valence-electron chi connectivity index (χ1n) is 10.2. The van der Waals surface area contributed by atoms with Crippen LogP contribution in [0.5, 0.6) is 5.75 Å². The fraction of sp³-hybridized carbons (Fsp3) is 0.409. The number of carbonyl (C=O) groups is 2. The van der Waals surface area contributed by atoms with E-state index in [0.717, 1.165) is 25.0 Å². The van der Waals surface area contributed by atoms with E-state index in [4.69, 9.17) is 0 Å². The topological polar surface area (TPSA) is 82.9 Å². The van der Waals surface area contributed by atoms with E-state index in [1.165, 1.54) is 21.8 Å². The summed E-state index contributed by atoms with van der Waals surface area (Å²) in [6, 6.07) is 3.09. The van der Waals surface area contributed by atoms with Gasteiger partial charge in [0.05, 0.1) is 5.56 Å². The molecular formula is C22H23F2N3O4. The molecule has 1 aromatic carbocycles. The molecule has 0 saturated carbocycles. The summed E-state index contributed by atoms with van der Waals surface area (Å²) in [5.74, 6) is -3.01. The van der Waals surface area contributed by atoms with E-state index in [0.29, 0.717) is 12.5 Å². The summed E-state index contributed by atoms with van der Waals surface area (Å²) in [4.78, 5) is 39.8. The van der Waals surface area contributed by atoms with Crippen LogP contribution >= 0.6 is 0 Å². The maximum atomic E-state index is 13.9. The fourth-order valence-corrected chi connectivity index (χ4v) is 4.34. The third-order valence-electron chi connectivity index (χ3n) is 6.11. The summed E-state index contributed by atoms with van der Waals surface area (Å²) in [6.07, 6.45) is 2.48. The highest BCUT2D eigenvalue weighted by molar-refractivity contribution is 6.00. The van der Waals surface area contributed by atoms with Crippen LogP contribution in [0.15, 0.2) is 29.2 Å². The molecule has 0 unspecified atom stereocenters. The van der Waals surface area contributed by atoms with Gasteiger partial charge < -0.3 is 10.0 Å². The van der Waals surface area contributed by atoms with Gasteiger partial charge in [-0.25, -0.2) is 8.78 Å². The Kier molecular flexibility index (Phi) is 5.28. The number of carbonyl (C=O) groups excluding carboxylic acids is 2. The number of amides is 1. The number of hydrogen-bond donors (Lipinski definition) is 1. The minimum Gasteiger partial charge on any atom is -0.502 e. The van der Waals surface area contributed by atoms with Gasteiger partial charge in [-0.05, 0) is 36.8 Å². The van der Waals surface area contributed by atoms with E-state index in [2.05, 4.69) is 6.92 Å². The lowest BCUT2D eigenvalue weighted by molar-refractivity contribution is 0.0566. The molecule has 0 spiro atoms. The minimum atomic E-state index is -0.930. The zero-order valence-electron chi connectivity index (χ0n) is 17.3. The lowest BCUT2D eigenvalue weighted by Gasteiger charge is -2.49. The number of piperidine rings is 1. The molecular weight excluding hydrogens is 408 g/mol. The Morgan fingerprint density at radius 3 is 2.68 bits per heavy atom. The van der Waals surface area contributed by atoms with E-state index in [-0.39, 0.29) is 35.8 Å². The largest absolute Gasteiger partial charge is 0.502 e. The summed E-state index contributed by atoms with van der Waals surface area (Å²) in [7, 11) is 1.62. The van der Waals surface area contributed by atoms with Crippen molar-refractivity contribution in [3.8, 4) is 5.75 Å². The van der Waals surface area contributed by atoms with Gasteiger partial charge in [-0.3, -0.25) is 24.1 Å². The molecule has 1 amide bonds. The average molecular weight is 431 g/mol. The molecule has 1 fully saturated rings. The third kappa shape index (κ3) is 3.58. The molecule has 4 rings (SSSR count). The SMILES string of the molecule is C[C@H]1CC[C@H]2N(C)C(=O)c3c(O)c(=O)c(C(=O)CCc4ccc(F)cc4F)cn3N2C1. The van der Waals surface area contributed by atoms with Gasteiger partial charge >= 0.3 is 0 Å². The highest BCUT2D eigenvalue weighted by Gasteiger charge is 2.41. The van der Waals surface area contributed by atoms with Crippen molar-refractivity contribution in [1.29, 1.82) is 0 Å². The number of nitrogens with zero attached hydrogens (tertiary/aromatic N) is 3. The quantitative estimate of drug-likeness (QED) is 0.752. The number of pyridine rings is 1. The maximum Gasteiger partial charge on any atom is 0.277 e. The molecule has 1 saturated heterocycles. The Hall–Kier alpha value is -3.23. The molecule has 7 nitrogen and oxygen atoms in total. The van der Waals surface area contributed by atoms with Crippen molar-refractivity contribution >= 4 is 11.7 Å². The Morgan fingerprint density at radius 1 is 1.23 bits per heavy atom. The highest BCUT2D eigenvalue weighted by Crippen LogP contribution is 2.30. The standard InChI is InChI=1S/C22H23F2N3O4/c1-12-3-8-18-25(2)22(31)19-21(30)20(29)15(11-27(19)26(18)10-12)17(28)7-5-13-4-6-14(23)9-16(13)24/h4,6,9,11-12,18,30H,3,5,7-8,10H2,1-2H3/t12-,18-/m0/s1. The molecule has 0 aliphatic carbocycles. The number of fused-ring (bicyclic) bond motifs is 3. The second kappa shape index (κ2) is 7.79. The number of rotatable bonds is 4. The molecule has 2 aliphatic rings. The van der Waals surface area contributed by atoms with Gasteiger partial charge in [0.1, 0.15) is 17.8 Å². The zero-order chi connectivity index (χ0) is 22.4. The van der Waals surface area contributed by atoms with E-state index >= 15 is 0 Å². The first-order chi connectivity index (χ1) is 14.7. The predicted octanol–water partition coefficient (Wildman–Crippen LogP) is 2.43. The van der Waals surface area contributed by atoms with E-state index in [1.54, 1.807) is 7.05 Å². The third-order valence-corrected chi connectivity index (χ3v) is 6.11. The number of ketones is 1.